The van der Waals surface area contributed by atoms with E-state index in [0.29, 0.717) is 46.5 Å². The SMILES string of the molecule is O=C(CCc1cc(Cl)cc(Cl)c1)CCc1nc2nc(Cl)ccc2[nH]1. The zero-order chi connectivity index (χ0) is 17.1. The highest BCUT2D eigenvalue weighted by atomic mass is 35.5. The first kappa shape index (κ1) is 17.2. The average Bonchev–Trinajstić information content (AvgIpc) is 2.92. The Morgan fingerprint density at radius 3 is 2.42 bits per heavy atom. The lowest BCUT2D eigenvalue weighted by molar-refractivity contribution is -0.119. The van der Waals surface area contributed by atoms with Crippen LogP contribution in [0.1, 0.15) is 24.2 Å². The van der Waals surface area contributed by atoms with Crippen molar-refractivity contribution in [1.82, 2.24) is 15.0 Å². The highest BCUT2D eigenvalue weighted by molar-refractivity contribution is 6.34. The molecule has 24 heavy (non-hydrogen) atoms. The summed E-state index contributed by atoms with van der Waals surface area (Å²) in [5.74, 6) is 0.900. The van der Waals surface area contributed by atoms with E-state index in [0.717, 1.165) is 16.9 Å². The number of rotatable bonds is 6. The highest BCUT2D eigenvalue weighted by Gasteiger charge is 2.09. The molecule has 0 unspecified atom stereocenters. The van der Waals surface area contributed by atoms with Crippen LogP contribution in [0.2, 0.25) is 15.2 Å². The topological polar surface area (TPSA) is 58.6 Å². The molecule has 1 aromatic carbocycles. The minimum Gasteiger partial charge on any atom is -0.341 e. The molecule has 0 aliphatic heterocycles. The third kappa shape index (κ3) is 4.47. The summed E-state index contributed by atoms with van der Waals surface area (Å²) >= 11 is 17.8. The fraction of sp³-hybridized carbons (Fsp3) is 0.235. The summed E-state index contributed by atoms with van der Waals surface area (Å²) in [5, 5.41) is 1.56. The number of nitrogens with zero attached hydrogens (tertiary/aromatic N) is 2. The number of aromatic amines is 1. The number of hydrogen-bond donors (Lipinski definition) is 1. The summed E-state index contributed by atoms with van der Waals surface area (Å²) in [7, 11) is 0. The summed E-state index contributed by atoms with van der Waals surface area (Å²) in [5.41, 5.74) is 2.34. The van der Waals surface area contributed by atoms with Crippen LogP contribution in [0.25, 0.3) is 11.2 Å². The van der Waals surface area contributed by atoms with Crippen molar-refractivity contribution in [3.8, 4) is 0 Å². The predicted octanol–water partition coefficient (Wildman–Crippen LogP) is 5.05. The van der Waals surface area contributed by atoms with Gasteiger partial charge in [-0.2, -0.15) is 0 Å². The normalized spacial score (nSPS) is 11.1. The van der Waals surface area contributed by atoms with Gasteiger partial charge in [0.05, 0.1) is 5.52 Å². The van der Waals surface area contributed by atoms with Gasteiger partial charge in [0, 0.05) is 29.3 Å². The molecule has 3 rings (SSSR count). The second-order valence-corrected chi connectivity index (χ2v) is 6.77. The van der Waals surface area contributed by atoms with E-state index in [1.165, 1.54) is 0 Å². The number of imidazole rings is 1. The van der Waals surface area contributed by atoms with Gasteiger partial charge in [0.1, 0.15) is 16.8 Å². The summed E-state index contributed by atoms with van der Waals surface area (Å²) < 4.78 is 0. The number of carbonyl (C=O) groups excluding carboxylic acids is 1. The largest absolute Gasteiger partial charge is 0.341 e. The molecule has 0 atom stereocenters. The summed E-state index contributed by atoms with van der Waals surface area (Å²) in [6.45, 7) is 0. The van der Waals surface area contributed by atoms with Crippen LogP contribution < -0.4 is 0 Å². The maximum absolute atomic E-state index is 12.1. The molecule has 0 saturated carbocycles. The molecule has 0 fully saturated rings. The second-order valence-electron chi connectivity index (χ2n) is 5.51. The smallest absolute Gasteiger partial charge is 0.179 e. The van der Waals surface area contributed by atoms with Gasteiger partial charge in [0.25, 0.3) is 0 Å². The van der Waals surface area contributed by atoms with E-state index < -0.39 is 0 Å². The van der Waals surface area contributed by atoms with Crippen molar-refractivity contribution in [2.75, 3.05) is 0 Å². The molecule has 0 radical (unpaired) electrons. The van der Waals surface area contributed by atoms with E-state index in [-0.39, 0.29) is 5.78 Å². The van der Waals surface area contributed by atoms with Crippen molar-refractivity contribution in [2.24, 2.45) is 0 Å². The average molecular weight is 383 g/mol. The molecule has 3 aromatic rings. The zero-order valence-electron chi connectivity index (χ0n) is 12.7. The number of benzene rings is 1. The molecule has 0 spiro atoms. The molecule has 1 N–H and O–H groups in total. The number of pyridine rings is 1. The van der Waals surface area contributed by atoms with Crippen molar-refractivity contribution >= 4 is 51.7 Å². The number of aromatic nitrogens is 3. The first-order valence-electron chi connectivity index (χ1n) is 7.47. The first-order chi connectivity index (χ1) is 11.5. The van der Waals surface area contributed by atoms with Crippen LogP contribution in [0.5, 0.6) is 0 Å². The molecule has 2 aromatic heterocycles. The first-order valence-corrected chi connectivity index (χ1v) is 8.61. The summed E-state index contributed by atoms with van der Waals surface area (Å²) in [6, 6.07) is 8.86. The van der Waals surface area contributed by atoms with E-state index in [4.69, 9.17) is 34.8 Å². The molecule has 0 amide bonds. The number of carbonyl (C=O) groups is 1. The Hall–Kier alpha value is -1.62. The number of halogens is 3. The maximum Gasteiger partial charge on any atom is 0.179 e. The molecule has 0 bridgehead atoms. The number of ketones is 1. The Kier molecular flexibility index (Phi) is 5.39. The molecular weight excluding hydrogens is 369 g/mol. The van der Waals surface area contributed by atoms with Crippen LogP contribution in [-0.2, 0) is 17.6 Å². The molecule has 0 aliphatic rings. The van der Waals surface area contributed by atoms with E-state index in [1.807, 2.05) is 18.2 Å². The van der Waals surface area contributed by atoms with Gasteiger partial charge in [-0.3, -0.25) is 4.79 Å². The molecule has 0 aliphatic carbocycles. The van der Waals surface area contributed by atoms with Crippen molar-refractivity contribution in [2.45, 2.75) is 25.7 Å². The number of fused-ring (bicyclic) bond motifs is 1. The molecule has 124 valence electrons. The van der Waals surface area contributed by atoms with Crippen molar-refractivity contribution < 1.29 is 4.79 Å². The molecule has 0 saturated heterocycles. The van der Waals surface area contributed by atoms with Gasteiger partial charge in [-0.15, -0.1) is 0 Å². The van der Waals surface area contributed by atoms with Gasteiger partial charge in [0.2, 0.25) is 0 Å². The van der Waals surface area contributed by atoms with Crippen molar-refractivity contribution in [3.05, 3.63) is 56.9 Å². The van der Waals surface area contributed by atoms with Crippen LogP contribution in [0.4, 0.5) is 0 Å². The summed E-state index contributed by atoms with van der Waals surface area (Å²) in [4.78, 5) is 23.7. The fourth-order valence-electron chi connectivity index (χ4n) is 2.46. The van der Waals surface area contributed by atoms with Crippen molar-refractivity contribution in [1.29, 1.82) is 0 Å². The molecule has 2 heterocycles. The zero-order valence-corrected chi connectivity index (χ0v) is 14.9. The van der Waals surface area contributed by atoms with Crippen LogP contribution in [-0.4, -0.2) is 20.7 Å². The van der Waals surface area contributed by atoms with Gasteiger partial charge >= 0.3 is 0 Å². The van der Waals surface area contributed by atoms with Crippen molar-refractivity contribution in [3.63, 3.8) is 0 Å². The molecule has 4 nitrogen and oxygen atoms in total. The third-order valence-electron chi connectivity index (χ3n) is 3.62. The van der Waals surface area contributed by atoms with Gasteiger partial charge in [0.15, 0.2) is 5.65 Å². The quantitative estimate of drug-likeness (QED) is 0.607. The predicted molar refractivity (Wildman–Crippen MR) is 97.0 cm³/mol. The maximum atomic E-state index is 12.1. The number of H-pyrrole nitrogens is 1. The Balaban J connectivity index is 1.54. The Morgan fingerprint density at radius 1 is 0.958 bits per heavy atom. The monoisotopic (exact) mass is 381 g/mol. The number of hydrogen-bond acceptors (Lipinski definition) is 3. The van der Waals surface area contributed by atoms with Crippen LogP contribution in [0, 0.1) is 0 Å². The van der Waals surface area contributed by atoms with Crippen LogP contribution >= 0.6 is 34.8 Å². The van der Waals surface area contributed by atoms with Gasteiger partial charge in [-0.05, 0) is 42.3 Å². The van der Waals surface area contributed by atoms with E-state index in [1.54, 1.807) is 12.1 Å². The minimum absolute atomic E-state index is 0.164. The number of Topliss-reactive ketones (excluding diaryl/α,β-unsaturated/α-hetero) is 1. The number of nitrogens with one attached hydrogen (secondary N) is 1. The third-order valence-corrected chi connectivity index (χ3v) is 4.26. The standard InChI is InChI=1S/C17H14Cl3N3O/c18-11-7-10(8-12(19)9-11)1-2-13(24)3-6-16-21-14-4-5-15(20)22-17(14)23-16/h4-5,7-9H,1-3,6H2,(H,21,22,23). The van der Waals surface area contributed by atoms with E-state index in [2.05, 4.69) is 15.0 Å². The fourth-order valence-corrected chi connectivity index (χ4v) is 3.17. The lowest BCUT2D eigenvalue weighted by Gasteiger charge is -2.03. The summed E-state index contributed by atoms with van der Waals surface area (Å²) in [6.07, 6.45) is 2.03. The lowest BCUT2D eigenvalue weighted by atomic mass is 10.1. The molecular formula is C17H14Cl3N3O. The minimum atomic E-state index is 0.164. The Morgan fingerprint density at radius 2 is 1.67 bits per heavy atom. The van der Waals surface area contributed by atoms with Crippen LogP contribution in [0.3, 0.4) is 0 Å². The number of aryl methyl sites for hydroxylation is 2. The van der Waals surface area contributed by atoms with Crippen LogP contribution in [0.15, 0.2) is 30.3 Å². The highest BCUT2D eigenvalue weighted by Crippen LogP contribution is 2.20. The van der Waals surface area contributed by atoms with E-state index >= 15 is 0 Å². The second kappa shape index (κ2) is 7.51. The van der Waals surface area contributed by atoms with Gasteiger partial charge in [-0.25, -0.2) is 9.97 Å². The molecule has 7 heteroatoms. The Labute approximate surface area is 154 Å². The van der Waals surface area contributed by atoms with E-state index in [9.17, 15) is 4.79 Å². The van der Waals surface area contributed by atoms with Gasteiger partial charge in [-0.1, -0.05) is 34.8 Å². The Bertz CT molecular complexity index is 872. The lowest BCUT2D eigenvalue weighted by Crippen LogP contribution is -2.03. The van der Waals surface area contributed by atoms with Gasteiger partial charge < -0.3 is 4.98 Å².